The molecule has 0 bridgehead atoms. The fraction of sp³-hybridized carbons (Fsp3) is 0.286. The Morgan fingerprint density at radius 2 is 1.95 bits per heavy atom. The third-order valence-electron chi connectivity index (χ3n) is 3.25. The second kappa shape index (κ2) is 5.34. The molecule has 2 aromatic rings. The summed E-state index contributed by atoms with van der Waals surface area (Å²) in [7, 11) is 0. The first kappa shape index (κ1) is 13.8. The first-order valence-corrected chi connectivity index (χ1v) is 6.37. The summed E-state index contributed by atoms with van der Waals surface area (Å²) in [5, 5.41) is 6.16. The number of H-pyrrole nitrogens is 1. The van der Waals surface area contributed by atoms with Crippen molar-refractivity contribution in [3.63, 3.8) is 0 Å². The fourth-order valence-electron chi connectivity index (χ4n) is 2.32. The SMILES string of the molecule is O=c1ccc(CC2(c3ccc(F)cc3F)OCCO2)n[nH]1. The number of nitrogens with one attached hydrogen (secondary N) is 1. The Bertz CT molecular complexity index is 691. The molecule has 110 valence electrons. The van der Waals surface area contributed by atoms with Gasteiger partial charge in [0.1, 0.15) is 11.6 Å². The minimum atomic E-state index is -1.36. The molecular formula is C14H12F2N2O3. The van der Waals surface area contributed by atoms with Gasteiger partial charge in [0.15, 0.2) is 0 Å². The number of benzene rings is 1. The van der Waals surface area contributed by atoms with E-state index in [2.05, 4.69) is 10.2 Å². The van der Waals surface area contributed by atoms with Crippen molar-refractivity contribution in [3.05, 3.63) is 63.6 Å². The molecule has 1 aliphatic rings. The zero-order chi connectivity index (χ0) is 14.9. The lowest BCUT2D eigenvalue weighted by atomic mass is 9.99. The van der Waals surface area contributed by atoms with Crippen LogP contribution >= 0.6 is 0 Å². The van der Waals surface area contributed by atoms with E-state index in [1.54, 1.807) is 0 Å². The average molecular weight is 294 g/mol. The summed E-state index contributed by atoms with van der Waals surface area (Å²) < 4.78 is 38.2. The van der Waals surface area contributed by atoms with Gasteiger partial charge in [-0.3, -0.25) is 4.79 Å². The molecule has 0 radical (unpaired) electrons. The van der Waals surface area contributed by atoms with Crippen LogP contribution in [0.4, 0.5) is 8.78 Å². The van der Waals surface area contributed by atoms with E-state index in [9.17, 15) is 13.6 Å². The van der Waals surface area contributed by atoms with Crippen LogP contribution in [0.1, 0.15) is 11.3 Å². The molecule has 0 atom stereocenters. The van der Waals surface area contributed by atoms with Gasteiger partial charge in [0.2, 0.25) is 5.79 Å². The van der Waals surface area contributed by atoms with Crippen LogP contribution in [0.25, 0.3) is 0 Å². The van der Waals surface area contributed by atoms with Gasteiger partial charge in [-0.15, -0.1) is 0 Å². The van der Waals surface area contributed by atoms with E-state index in [0.717, 1.165) is 12.1 Å². The molecule has 1 N–H and O–H groups in total. The van der Waals surface area contributed by atoms with Crippen LogP contribution in [0.5, 0.6) is 0 Å². The minimum Gasteiger partial charge on any atom is -0.343 e. The lowest BCUT2D eigenvalue weighted by molar-refractivity contribution is -0.167. The summed E-state index contributed by atoms with van der Waals surface area (Å²) in [6.07, 6.45) is 0.104. The van der Waals surface area contributed by atoms with Crippen molar-refractivity contribution in [2.45, 2.75) is 12.2 Å². The lowest BCUT2D eigenvalue weighted by Gasteiger charge is -2.27. The summed E-state index contributed by atoms with van der Waals surface area (Å²) in [5.74, 6) is -2.78. The van der Waals surface area contributed by atoms with Crippen molar-refractivity contribution in [2.75, 3.05) is 13.2 Å². The molecule has 0 unspecified atom stereocenters. The first-order valence-electron chi connectivity index (χ1n) is 6.37. The van der Waals surface area contributed by atoms with Gasteiger partial charge in [0, 0.05) is 17.7 Å². The predicted octanol–water partition coefficient (Wildman–Crippen LogP) is 1.49. The summed E-state index contributed by atoms with van der Waals surface area (Å²) in [6.45, 7) is 0.584. The number of aromatic amines is 1. The van der Waals surface area contributed by atoms with E-state index >= 15 is 0 Å². The quantitative estimate of drug-likeness (QED) is 0.931. The number of rotatable bonds is 3. The highest BCUT2D eigenvalue weighted by Crippen LogP contribution is 2.36. The van der Waals surface area contributed by atoms with Crippen LogP contribution in [0.15, 0.2) is 35.1 Å². The summed E-state index contributed by atoms with van der Waals surface area (Å²) in [6, 6.07) is 6.04. The van der Waals surface area contributed by atoms with E-state index in [4.69, 9.17) is 9.47 Å². The number of halogens is 2. The number of hydrogen-bond donors (Lipinski definition) is 1. The maximum absolute atomic E-state index is 14.0. The Morgan fingerprint density at radius 1 is 1.19 bits per heavy atom. The molecule has 0 saturated carbocycles. The fourth-order valence-corrected chi connectivity index (χ4v) is 2.32. The van der Waals surface area contributed by atoms with Crippen molar-refractivity contribution in [2.24, 2.45) is 0 Å². The molecule has 0 amide bonds. The van der Waals surface area contributed by atoms with Crippen LogP contribution < -0.4 is 5.56 Å². The number of ether oxygens (including phenoxy) is 2. The summed E-state index contributed by atoms with van der Waals surface area (Å²) in [4.78, 5) is 11.0. The minimum absolute atomic E-state index is 0.104. The molecule has 0 aliphatic carbocycles. The van der Waals surface area contributed by atoms with Gasteiger partial charge < -0.3 is 9.47 Å². The van der Waals surface area contributed by atoms with Crippen molar-refractivity contribution < 1.29 is 18.3 Å². The maximum atomic E-state index is 14.0. The normalized spacial score (nSPS) is 17.0. The highest BCUT2D eigenvalue weighted by atomic mass is 19.1. The smallest absolute Gasteiger partial charge is 0.264 e. The van der Waals surface area contributed by atoms with E-state index in [1.807, 2.05) is 0 Å². The molecule has 1 fully saturated rings. The number of aromatic nitrogens is 2. The average Bonchev–Trinajstić information content (AvgIpc) is 2.91. The molecule has 7 heteroatoms. The topological polar surface area (TPSA) is 64.2 Å². The lowest BCUT2D eigenvalue weighted by Crippen LogP contribution is -2.32. The Hall–Kier alpha value is -2.12. The highest BCUT2D eigenvalue weighted by Gasteiger charge is 2.41. The standard InChI is InChI=1S/C14H12F2N2O3/c15-9-1-3-11(12(16)7-9)14(20-5-6-21-14)8-10-2-4-13(19)18-17-10/h1-4,7H,5-6,8H2,(H,18,19). The van der Waals surface area contributed by atoms with E-state index in [-0.39, 0.29) is 17.5 Å². The Labute approximate surface area is 118 Å². The van der Waals surface area contributed by atoms with E-state index < -0.39 is 17.4 Å². The monoisotopic (exact) mass is 294 g/mol. The van der Waals surface area contributed by atoms with Crippen molar-refractivity contribution in [1.29, 1.82) is 0 Å². The Morgan fingerprint density at radius 3 is 2.57 bits per heavy atom. The van der Waals surface area contributed by atoms with Crippen LogP contribution in [-0.2, 0) is 21.7 Å². The number of hydrogen-bond acceptors (Lipinski definition) is 4. The zero-order valence-corrected chi connectivity index (χ0v) is 10.9. The maximum Gasteiger partial charge on any atom is 0.264 e. The largest absolute Gasteiger partial charge is 0.343 e. The highest BCUT2D eigenvalue weighted by molar-refractivity contribution is 5.26. The molecular weight excluding hydrogens is 282 g/mol. The van der Waals surface area contributed by atoms with Crippen LogP contribution in [0.3, 0.4) is 0 Å². The Kier molecular flexibility index (Phi) is 3.52. The Balaban J connectivity index is 1.99. The number of nitrogens with zero attached hydrogens (tertiary/aromatic N) is 1. The molecule has 0 spiro atoms. The zero-order valence-electron chi connectivity index (χ0n) is 10.9. The molecule has 5 nitrogen and oxygen atoms in total. The van der Waals surface area contributed by atoms with Gasteiger partial charge in [-0.1, -0.05) is 0 Å². The van der Waals surface area contributed by atoms with Crippen LogP contribution in [-0.4, -0.2) is 23.4 Å². The van der Waals surface area contributed by atoms with Gasteiger partial charge in [-0.05, 0) is 18.2 Å². The first-order chi connectivity index (χ1) is 10.1. The van der Waals surface area contributed by atoms with Crippen LogP contribution in [0, 0.1) is 11.6 Å². The molecule has 2 heterocycles. The van der Waals surface area contributed by atoms with Gasteiger partial charge in [0.05, 0.1) is 25.3 Å². The van der Waals surface area contributed by atoms with Gasteiger partial charge in [-0.25, -0.2) is 13.9 Å². The van der Waals surface area contributed by atoms with Crippen LogP contribution in [0.2, 0.25) is 0 Å². The third-order valence-corrected chi connectivity index (χ3v) is 3.25. The van der Waals surface area contributed by atoms with Gasteiger partial charge >= 0.3 is 0 Å². The summed E-state index contributed by atoms with van der Waals surface area (Å²) in [5.41, 5.74) is 0.239. The van der Waals surface area contributed by atoms with E-state index in [1.165, 1.54) is 18.2 Å². The summed E-state index contributed by atoms with van der Waals surface area (Å²) >= 11 is 0. The molecule has 21 heavy (non-hydrogen) atoms. The third kappa shape index (κ3) is 2.70. The van der Waals surface area contributed by atoms with Gasteiger partial charge in [-0.2, -0.15) is 5.10 Å². The molecule has 3 rings (SSSR count). The molecule has 1 aromatic carbocycles. The van der Waals surface area contributed by atoms with E-state index in [0.29, 0.717) is 18.9 Å². The molecule has 1 aliphatic heterocycles. The predicted molar refractivity (Wildman–Crippen MR) is 68.5 cm³/mol. The molecule has 1 saturated heterocycles. The van der Waals surface area contributed by atoms with Crippen molar-refractivity contribution in [3.8, 4) is 0 Å². The second-order valence-electron chi connectivity index (χ2n) is 4.66. The van der Waals surface area contributed by atoms with Crippen molar-refractivity contribution in [1.82, 2.24) is 10.2 Å². The van der Waals surface area contributed by atoms with Gasteiger partial charge in [0.25, 0.3) is 5.56 Å². The van der Waals surface area contributed by atoms with Crippen molar-refractivity contribution >= 4 is 0 Å². The molecule has 1 aromatic heterocycles. The second-order valence-corrected chi connectivity index (χ2v) is 4.66.